The summed E-state index contributed by atoms with van der Waals surface area (Å²) in [5.74, 6) is -0.320. The van der Waals surface area contributed by atoms with Crippen LogP contribution in [0.2, 0.25) is 0 Å². The fourth-order valence-electron chi connectivity index (χ4n) is 2.45. The fraction of sp³-hybridized carbons (Fsp3) is 0.474. The van der Waals surface area contributed by atoms with E-state index in [1.807, 2.05) is 6.07 Å². The van der Waals surface area contributed by atoms with Gasteiger partial charge in [-0.25, -0.2) is 23.5 Å². The van der Waals surface area contributed by atoms with Crippen LogP contribution in [0.25, 0.3) is 0 Å². The van der Waals surface area contributed by atoms with Gasteiger partial charge in [-0.1, -0.05) is 23.1 Å². The number of carbonyl (C=O) groups is 1. The molecule has 30 heavy (non-hydrogen) atoms. The number of carbonyl (C=O) groups excluding carboxylic acids is 1. The Kier molecular flexibility index (Phi) is 9.42. The second kappa shape index (κ2) is 11.8. The zero-order chi connectivity index (χ0) is 22.1. The summed E-state index contributed by atoms with van der Waals surface area (Å²) in [4.78, 5) is 21.0. The first-order valence-electron chi connectivity index (χ1n) is 9.13. The number of hydrogen-bond acceptors (Lipinski definition) is 9. The number of pyridine rings is 1. The van der Waals surface area contributed by atoms with Crippen LogP contribution in [0.5, 0.6) is 0 Å². The summed E-state index contributed by atoms with van der Waals surface area (Å²) < 4.78 is 36.3. The van der Waals surface area contributed by atoms with Crippen molar-refractivity contribution in [3.8, 4) is 6.07 Å². The van der Waals surface area contributed by atoms with Crippen molar-refractivity contribution >= 4 is 34.2 Å². The van der Waals surface area contributed by atoms with Crippen molar-refractivity contribution in [2.45, 2.75) is 37.5 Å². The molecule has 0 aliphatic heterocycles. The van der Waals surface area contributed by atoms with Crippen LogP contribution in [0.1, 0.15) is 52.0 Å². The van der Waals surface area contributed by atoms with Gasteiger partial charge in [0.25, 0.3) is 6.43 Å². The first-order valence-corrected chi connectivity index (χ1v) is 10.9. The second-order valence-electron chi connectivity index (χ2n) is 6.03. The van der Waals surface area contributed by atoms with Gasteiger partial charge < -0.3 is 14.8 Å². The smallest absolute Gasteiger partial charge is 0.350 e. The van der Waals surface area contributed by atoms with Crippen LogP contribution in [0.3, 0.4) is 0 Å². The van der Waals surface area contributed by atoms with E-state index in [0.717, 1.165) is 18.2 Å². The van der Waals surface area contributed by atoms with Gasteiger partial charge in [-0.3, -0.25) is 0 Å². The Balaban J connectivity index is 2.25. The number of rotatable bonds is 11. The standard InChI is InChI=1S/C19H22F2N4O3S2/c1-4-28-18(26)15-14(25-19(30-15)23-6-5-7-27-3)10-29-17-12(9-22)11(2)8-13(24-17)16(20)21/h8,16H,4-7,10H2,1-3H3,(H,23,25). The Morgan fingerprint density at radius 1 is 1.43 bits per heavy atom. The largest absolute Gasteiger partial charge is 0.462 e. The van der Waals surface area contributed by atoms with E-state index < -0.39 is 18.1 Å². The Labute approximate surface area is 181 Å². The second-order valence-corrected chi connectivity index (χ2v) is 8.00. The van der Waals surface area contributed by atoms with Gasteiger partial charge in [-0.2, -0.15) is 5.26 Å². The van der Waals surface area contributed by atoms with Gasteiger partial charge in [0.15, 0.2) is 5.13 Å². The van der Waals surface area contributed by atoms with Crippen LogP contribution in [0, 0.1) is 18.3 Å². The molecule has 0 fully saturated rings. The van der Waals surface area contributed by atoms with Crippen molar-refractivity contribution in [1.29, 1.82) is 5.26 Å². The minimum Gasteiger partial charge on any atom is -0.462 e. The van der Waals surface area contributed by atoms with Crippen LogP contribution in [-0.2, 0) is 15.2 Å². The van der Waals surface area contributed by atoms with E-state index in [1.165, 1.54) is 17.4 Å². The van der Waals surface area contributed by atoms with E-state index in [1.54, 1.807) is 21.0 Å². The molecule has 0 aromatic carbocycles. The minimum atomic E-state index is -2.74. The zero-order valence-electron chi connectivity index (χ0n) is 16.8. The number of anilines is 1. The van der Waals surface area contributed by atoms with E-state index >= 15 is 0 Å². The lowest BCUT2D eigenvalue weighted by Crippen LogP contribution is -2.05. The average molecular weight is 457 g/mol. The molecular weight excluding hydrogens is 434 g/mol. The lowest BCUT2D eigenvalue weighted by atomic mass is 10.1. The van der Waals surface area contributed by atoms with Gasteiger partial charge in [0.05, 0.1) is 17.9 Å². The molecule has 7 nitrogen and oxygen atoms in total. The molecule has 0 aliphatic rings. The highest BCUT2D eigenvalue weighted by molar-refractivity contribution is 7.98. The number of halogens is 2. The number of nitrogens with zero attached hydrogens (tertiary/aromatic N) is 3. The number of esters is 1. The number of hydrogen-bond donors (Lipinski definition) is 1. The van der Waals surface area contributed by atoms with Gasteiger partial charge in [-0.15, -0.1) is 0 Å². The Morgan fingerprint density at radius 2 is 2.20 bits per heavy atom. The summed E-state index contributed by atoms with van der Waals surface area (Å²) in [6.45, 7) is 4.72. The monoisotopic (exact) mass is 456 g/mol. The fourth-order valence-corrected chi connectivity index (χ4v) is 4.45. The molecule has 2 heterocycles. The lowest BCUT2D eigenvalue weighted by molar-refractivity contribution is 0.0531. The maximum absolute atomic E-state index is 13.1. The topological polar surface area (TPSA) is 97.1 Å². The molecule has 2 aromatic rings. The van der Waals surface area contributed by atoms with E-state index in [0.29, 0.717) is 34.4 Å². The lowest BCUT2D eigenvalue weighted by Gasteiger charge is -2.09. The molecule has 0 amide bonds. The number of ether oxygens (including phenoxy) is 2. The maximum atomic E-state index is 13.1. The first kappa shape index (κ1) is 24.0. The van der Waals surface area contributed by atoms with Crippen molar-refractivity contribution in [3.63, 3.8) is 0 Å². The third-order valence-corrected chi connectivity index (χ3v) is 5.87. The number of nitrogens with one attached hydrogen (secondary N) is 1. The van der Waals surface area contributed by atoms with E-state index in [2.05, 4.69) is 15.3 Å². The molecular formula is C19H22F2N4O3S2. The van der Waals surface area contributed by atoms with Crippen molar-refractivity contribution in [2.24, 2.45) is 0 Å². The first-order chi connectivity index (χ1) is 14.4. The number of nitriles is 1. The van der Waals surface area contributed by atoms with Crippen LogP contribution < -0.4 is 5.32 Å². The normalized spacial score (nSPS) is 10.8. The molecule has 0 unspecified atom stereocenters. The summed E-state index contributed by atoms with van der Waals surface area (Å²) in [6, 6.07) is 3.22. The molecule has 2 rings (SSSR count). The van der Waals surface area contributed by atoms with E-state index in [4.69, 9.17) is 9.47 Å². The van der Waals surface area contributed by atoms with Gasteiger partial charge >= 0.3 is 5.97 Å². The molecule has 0 atom stereocenters. The highest BCUT2D eigenvalue weighted by atomic mass is 32.2. The predicted molar refractivity (Wildman–Crippen MR) is 111 cm³/mol. The third kappa shape index (κ3) is 6.35. The number of methoxy groups -OCH3 is 1. The SMILES string of the molecule is CCOC(=O)c1sc(NCCCOC)nc1CSc1nc(C(F)F)cc(C)c1C#N. The minimum absolute atomic E-state index is 0.179. The Hall–Kier alpha value is -2.29. The van der Waals surface area contributed by atoms with Crippen LogP contribution >= 0.6 is 23.1 Å². The highest BCUT2D eigenvalue weighted by Gasteiger charge is 2.21. The maximum Gasteiger partial charge on any atom is 0.350 e. The quantitative estimate of drug-likeness (QED) is 0.298. The number of aromatic nitrogens is 2. The van der Waals surface area contributed by atoms with Gasteiger partial charge in [-0.05, 0) is 31.9 Å². The molecule has 0 radical (unpaired) electrons. The Morgan fingerprint density at radius 3 is 2.83 bits per heavy atom. The average Bonchev–Trinajstić information content (AvgIpc) is 3.12. The molecule has 2 aromatic heterocycles. The molecule has 0 spiro atoms. The molecule has 1 N–H and O–H groups in total. The number of alkyl halides is 2. The molecule has 0 saturated heterocycles. The third-order valence-electron chi connectivity index (χ3n) is 3.84. The summed E-state index contributed by atoms with van der Waals surface area (Å²) in [6.07, 6.45) is -1.97. The summed E-state index contributed by atoms with van der Waals surface area (Å²) >= 11 is 2.25. The summed E-state index contributed by atoms with van der Waals surface area (Å²) in [5, 5.41) is 13.3. The molecule has 0 aliphatic carbocycles. The predicted octanol–water partition coefficient (Wildman–Crippen LogP) is 4.57. The highest BCUT2D eigenvalue weighted by Crippen LogP contribution is 2.33. The molecule has 11 heteroatoms. The number of aryl methyl sites for hydroxylation is 1. The number of thioether (sulfide) groups is 1. The molecule has 162 valence electrons. The van der Waals surface area contributed by atoms with Crippen LogP contribution in [-0.4, -0.2) is 42.8 Å². The van der Waals surface area contributed by atoms with Crippen LogP contribution in [0.15, 0.2) is 11.1 Å². The van der Waals surface area contributed by atoms with Gasteiger partial charge in [0, 0.05) is 26.0 Å². The molecule has 0 saturated carbocycles. The summed E-state index contributed by atoms with van der Waals surface area (Å²) in [7, 11) is 1.62. The number of thiazole rings is 1. The van der Waals surface area contributed by atoms with Crippen molar-refractivity contribution in [1.82, 2.24) is 9.97 Å². The zero-order valence-corrected chi connectivity index (χ0v) is 18.5. The van der Waals surface area contributed by atoms with Gasteiger partial charge in [0.2, 0.25) is 0 Å². The van der Waals surface area contributed by atoms with Crippen molar-refractivity contribution in [3.05, 3.63) is 33.5 Å². The molecule has 0 bridgehead atoms. The van der Waals surface area contributed by atoms with E-state index in [9.17, 15) is 18.8 Å². The Bertz CT molecular complexity index is 916. The van der Waals surface area contributed by atoms with Crippen LogP contribution in [0.4, 0.5) is 13.9 Å². The van der Waals surface area contributed by atoms with Crippen molar-refractivity contribution in [2.75, 3.05) is 32.2 Å². The van der Waals surface area contributed by atoms with Crippen molar-refractivity contribution < 1.29 is 23.0 Å². The summed E-state index contributed by atoms with van der Waals surface area (Å²) in [5.41, 5.74) is 0.715. The van der Waals surface area contributed by atoms with E-state index in [-0.39, 0.29) is 22.9 Å². The van der Waals surface area contributed by atoms with Gasteiger partial charge in [0.1, 0.15) is 21.7 Å².